The number of H-pyrrole nitrogens is 2. The molecule has 0 spiro atoms. The Morgan fingerprint density at radius 2 is 1.51 bits per heavy atom. The van der Waals surface area contributed by atoms with E-state index in [-0.39, 0.29) is 35.8 Å². The van der Waals surface area contributed by atoms with Crippen molar-refractivity contribution in [2.75, 3.05) is 33.1 Å². The van der Waals surface area contributed by atoms with E-state index >= 15 is 0 Å². The lowest BCUT2D eigenvalue weighted by atomic mass is 9.98. The van der Waals surface area contributed by atoms with E-state index in [1.807, 2.05) is 113 Å². The molecule has 0 saturated carbocycles. The van der Waals surface area contributed by atoms with Crippen molar-refractivity contribution < 1.29 is 28.9 Å². The molecule has 2 saturated heterocycles. The van der Waals surface area contributed by atoms with Crippen LogP contribution in [0.4, 0.5) is 4.79 Å². The predicted octanol–water partition coefficient (Wildman–Crippen LogP) is 8.89. The number of imidazole rings is 2. The minimum Gasteiger partial charge on any atom is -0.453 e. The predicted molar refractivity (Wildman–Crippen MR) is 242 cm³/mol. The average molecular weight is 887 g/mol. The molecule has 0 aliphatic carbocycles. The van der Waals surface area contributed by atoms with Crippen molar-refractivity contribution in [3.05, 3.63) is 143 Å². The van der Waals surface area contributed by atoms with E-state index in [4.69, 9.17) is 41.5 Å². The van der Waals surface area contributed by atoms with Crippen molar-refractivity contribution in [3.63, 3.8) is 0 Å². The highest BCUT2D eigenvalue weighted by Crippen LogP contribution is 2.40. The summed E-state index contributed by atoms with van der Waals surface area (Å²) in [6, 6.07) is 33.3. The Morgan fingerprint density at radius 3 is 2.16 bits per heavy atom. The number of aromatic nitrogens is 4. The Labute approximate surface area is 374 Å². The Balaban J connectivity index is 0.953. The second kappa shape index (κ2) is 19.7. The van der Waals surface area contributed by atoms with Gasteiger partial charge in [-0.2, -0.15) is 16.6 Å². The molecule has 6 aromatic rings. The van der Waals surface area contributed by atoms with Gasteiger partial charge in [0.2, 0.25) is 12.3 Å². The molecule has 2 aromatic heterocycles. The maximum atomic E-state index is 14.2. The maximum absolute atomic E-state index is 14.2. The third kappa shape index (κ3) is 9.50. The molecule has 324 valence electrons. The van der Waals surface area contributed by atoms with E-state index in [1.165, 1.54) is 7.11 Å². The normalized spacial score (nSPS) is 18.2. The smallest absolute Gasteiger partial charge is 0.407 e. The summed E-state index contributed by atoms with van der Waals surface area (Å²) in [6.07, 6.45) is 6.10. The number of methoxy groups -OCH3 is 1. The number of carbonyl (C=O) groups is 3. The molecule has 8 rings (SSSR count). The summed E-state index contributed by atoms with van der Waals surface area (Å²) in [5.41, 5.74) is 6.69. The lowest BCUT2D eigenvalue weighted by Crippen LogP contribution is -2.43. The van der Waals surface area contributed by atoms with Crippen molar-refractivity contribution >= 4 is 47.7 Å². The number of rotatable bonds is 15. The Kier molecular flexibility index (Phi) is 13.5. The van der Waals surface area contributed by atoms with Crippen LogP contribution in [0.5, 0.6) is 0 Å². The number of aromatic amines is 2. The summed E-state index contributed by atoms with van der Waals surface area (Å²) in [6.45, 7) is 1.04. The van der Waals surface area contributed by atoms with Crippen LogP contribution < -0.4 is 5.32 Å². The van der Waals surface area contributed by atoms with Crippen molar-refractivity contribution in [2.24, 2.45) is 0 Å². The summed E-state index contributed by atoms with van der Waals surface area (Å²) in [5, 5.41) is 10.5. The fraction of sp³-hybridized carbons (Fsp3) is 0.277. The third-order valence-electron chi connectivity index (χ3n) is 11.7. The van der Waals surface area contributed by atoms with Gasteiger partial charge in [0.05, 0.1) is 37.0 Å². The molecule has 2 aliphatic rings. The third-order valence-corrected chi connectivity index (χ3v) is 13.0. The molecule has 14 nitrogen and oxygen atoms in total. The van der Waals surface area contributed by atoms with E-state index < -0.39 is 18.1 Å². The number of amides is 3. The number of nitrogens with one attached hydrogen (secondary N) is 4. The van der Waals surface area contributed by atoms with Crippen LogP contribution in [-0.4, -0.2) is 92.4 Å². The molecule has 4 N–H and O–H groups in total. The van der Waals surface area contributed by atoms with E-state index in [1.54, 1.807) is 18.0 Å². The number of nitrogens with zero attached hydrogens (tertiary/aromatic N) is 4. The molecular formula is C47H47ClN8O6S. The number of ether oxygens (including phenoxy) is 1. The molecule has 5 atom stereocenters. The van der Waals surface area contributed by atoms with Crippen molar-refractivity contribution in [1.82, 2.24) is 35.1 Å². The monoisotopic (exact) mass is 886 g/mol. The van der Waals surface area contributed by atoms with Crippen LogP contribution in [0.25, 0.3) is 33.6 Å². The fourth-order valence-electron chi connectivity index (χ4n) is 8.43. The number of alkyl carbamates (subject to hydrolysis) is 1. The lowest BCUT2D eigenvalue weighted by Gasteiger charge is -2.28. The van der Waals surface area contributed by atoms with Crippen molar-refractivity contribution in [3.8, 4) is 33.6 Å². The number of hydrogen-bond donors (Lipinski definition) is 4. The van der Waals surface area contributed by atoms with E-state index in [0.717, 1.165) is 46.4 Å². The molecule has 4 aromatic carbocycles. The second-order valence-corrected chi connectivity index (χ2v) is 16.9. The number of thioether (sulfide) groups is 1. The molecule has 0 radical (unpaired) electrons. The maximum Gasteiger partial charge on any atom is 0.407 e. The molecular weight excluding hydrogens is 840 g/mol. The first-order valence-electron chi connectivity index (χ1n) is 20.6. The number of likely N-dealkylation sites (tertiary alicyclic amines) is 2. The van der Waals surface area contributed by atoms with Crippen LogP contribution in [0.2, 0.25) is 5.15 Å². The van der Waals surface area contributed by atoms with Gasteiger partial charge in [-0.25, -0.2) is 14.8 Å². The molecule has 2 aliphatic heterocycles. The van der Waals surface area contributed by atoms with Gasteiger partial charge in [0.15, 0.2) is 0 Å². The van der Waals surface area contributed by atoms with Gasteiger partial charge in [0, 0.05) is 23.9 Å². The van der Waals surface area contributed by atoms with Crippen molar-refractivity contribution in [1.29, 1.82) is 5.41 Å². The summed E-state index contributed by atoms with van der Waals surface area (Å²) in [4.78, 5) is 70.4. The molecule has 16 heteroatoms. The first-order chi connectivity index (χ1) is 30.8. The van der Waals surface area contributed by atoms with E-state index in [0.29, 0.717) is 54.0 Å². The Bertz CT molecular complexity index is 2520. The van der Waals surface area contributed by atoms with Gasteiger partial charge in [-0.3, -0.25) is 15.0 Å². The van der Waals surface area contributed by atoms with Crippen LogP contribution in [0.3, 0.4) is 0 Å². The van der Waals surface area contributed by atoms with Crippen LogP contribution in [-0.2, 0) is 24.1 Å². The highest BCUT2D eigenvalue weighted by molar-refractivity contribution is 7.99. The van der Waals surface area contributed by atoms with Crippen LogP contribution in [0.1, 0.15) is 66.1 Å². The zero-order chi connectivity index (χ0) is 43.9. The number of carbonyl (C=O) groups excluding carboxylic acids is 3. The standard InChI is InChI=1S/C47H47ClN8O6S/c1-60-47(59)53-41(33-12-7-4-8-13-33)46(58)56-26-35(63-2)24-39(56)43-50-25-37(51-43)32-19-15-29(16-20-32)30-17-21-34(22-18-30)40-42(48)54-44(52-40)38-14-9-23-55(38)45(57)36(27-61-62-28-49)31-10-5-3-6-11-31/h3-8,10-13,15-22,25,28,35-36,38-39,41,49H,9,14,23-24,26-27H2,1-2H3,(H,50,51)(H,52,54)(H,53,59)/t35-,36-,38-,39-,41-/m0/s1. The number of hydrogen-bond acceptors (Lipinski definition) is 10. The molecule has 0 unspecified atom stereocenters. The van der Waals surface area contributed by atoms with Gasteiger partial charge in [0.1, 0.15) is 35.1 Å². The summed E-state index contributed by atoms with van der Waals surface area (Å²) < 4.78 is 4.87. The molecule has 3 amide bonds. The second-order valence-electron chi connectivity index (χ2n) is 15.4. The highest BCUT2D eigenvalue weighted by atomic mass is 35.5. The molecule has 4 heterocycles. The van der Waals surface area contributed by atoms with Gasteiger partial charge in [0.25, 0.3) is 5.91 Å². The Morgan fingerprint density at radius 1 is 0.857 bits per heavy atom. The number of halogens is 1. The zero-order valence-corrected chi connectivity index (χ0v) is 36.3. The minimum atomic E-state index is -0.910. The largest absolute Gasteiger partial charge is 0.453 e. The Hall–Kier alpha value is -6.42. The average Bonchev–Trinajstić information content (AvgIpc) is 4.17. The lowest BCUT2D eigenvalue weighted by molar-refractivity contribution is -0.221. The minimum absolute atomic E-state index is 0.0393. The first kappa shape index (κ1) is 43.2. The molecule has 2 fully saturated rings. The zero-order valence-electron chi connectivity index (χ0n) is 34.7. The van der Waals surface area contributed by atoms with Crippen LogP contribution in [0, 0.1) is 5.41 Å². The van der Waals surface area contributed by atoms with Gasteiger partial charge < -0.3 is 34.7 Å². The van der Waals surface area contributed by atoms with Crippen LogP contribution >= 0.6 is 23.4 Å². The highest BCUT2D eigenvalue weighted by Gasteiger charge is 2.41. The first-order valence-corrected chi connectivity index (χ1v) is 22.3. The number of benzene rings is 4. The summed E-state index contributed by atoms with van der Waals surface area (Å²) in [7, 11) is 1.28. The van der Waals surface area contributed by atoms with Gasteiger partial charge in [-0.1, -0.05) is 121 Å². The summed E-state index contributed by atoms with van der Waals surface area (Å²) >= 11 is 8.48. The van der Waals surface area contributed by atoms with Gasteiger partial charge >= 0.3 is 6.09 Å². The molecule has 63 heavy (non-hydrogen) atoms. The summed E-state index contributed by atoms with van der Waals surface area (Å²) in [5.74, 6) is 0.337. The van der Waals surface area contributed by atoms with Crippen molar-refractivity contribution in [2.45, 2.75) is 48.6 Å². The topological polar surface area (TPSA) is 179 Å². The van der Waals surface area contributed by atoms with Gasteiger partial charge in [-0.05, 0) is 53.3 Å². The van der Waals surface area contributed by atoms with E-state index in [2.05, 4.69) is 27.4 Å². The molecule has 0 bridgehead atoms. The van der Waals surface area contributed by atoms with Crippen LogP contribution in [0.15, 0.2) is 115 Å². The fourth-order valence-corrected chi connectivity index (χ4v) is 9.36. The SMILES string of the molecule is COC(=O)N[C@H](C(=O)N1C[C@@H](SC)C[C@H]1c1ncc(-c2ccc(-c3ccc(-c4nc([C@@H]5CCCN5C(=O)[C@@H](COOC=N)c5ccccc5)[nH]c4Cl)cc3)cc2)[nH]1)c1ccccc1. The van der Waals surface area contributed by atoms with E-state index in [9.17, 15) is 14.4 Å². The van der Waals surface area contributed by atoms with Gasteiger partial charge in [-0.15, -0.1) is 0 Å². The quantitative estimate of drug-likeness (QED) is 0.0258.